The molecule has 0 saturated carbocycles. The van der Waals surface area contributed by atoms with Gasteiger partial charge in [-0.05, 0) is 19.1 Å². The molecule has 0 amide bonds. The molecule has 3 N–H and O–H groups in total. The van der Waals surface area contributed by atoms with E-state index in [1.807, 2.05) is 24.3 Å². The van der Waals surface area contributed by atoms with Gasteiger partial charge in [0.05, 0.1) is 13.0 Å². The molecule has 1 rings (SSSR count). The minimum atomic E-state index is -0.215. The van der Waals surface area contributed by atoms with Gasteiger partial charge in [0.25, 0.3) is 0 Å². The lowest BCUT2D eigenvalue weighted by atomic mass is 10.2. The van der Waals surface area contributed by atoms with Crippen molar-refractivity contribution in [1.82, 2.24) is 0 Å². The van der Waals surface area contributed by atoms with E-state index in [0.717, 1.165) is 11.3 Å². The summed E-state index contributed by atoms with van der Waals surface area (Å²) in [6.45, 7) is 2.69. The molecule has 0 saturated heterocycles. The highest BCUT2D eigenvalue weighted by Crippen LogP contribution is 2.14. The van der Waals surface area contributed by atoms with Gasteiger partial charge < -0.3 is 15.8 Å². The van der Waals surface area contributed by atoms with Crippen molar-refractivity contribution >= 4 is 28.9 Å². The van der Waals surface area contributed by atoms with Gasteiger partial charge in [0.1, 0.15) is 4.99 Å². The second-order valence-electron chi connectivity index (χ2n) is 3.39. The Labute approximate surface area is 106 Å². The summed E-state index contributed by atoms with van der Waals surface area (Å²) in [5.74, 6) is -0.215. The first kappa shape index (κ1) is 13.4. The number of para-hydroxylation sites is 1. The van der Waals surface area contributed by atoms with Crippen molar-refractivity contribution < 1.29 is 9.53 Å². The van der Waals surface area contributed by atoms with Gasteiger partial charge in [-0.3, -0.25) is 4.79 Å². The van der Waals surface area contributed by atoms with Crippen LogP contribution < -0.4 is 11.1 Å². The van der Waals surface area contributed by atoms with Crippen molar-refractivity contribution in [1.29, 1.82) is 0 Å². The van der Waals surface area contributed by atoms with Crippen LogP contribution in [0.3, 0.4) is 0 Å². The number of nitrogens with two attached hydrogens (primary N) is 1. The number of benzene rings is 1. The molecule has 0 aliphatic heterocycles. The van der Waals surface area contributed by atoms with Crippen LogP contribution in [0.25, 0.3) is 0 Å². The number of ether oxygens (including phenoxy) is 1. The normalized spacial score (nSPS) is 9.71. The number of anilines is 1. The Morgan fingerprint density at radius 2 is 2.18 bits per heavy atom. The maximum Gasteiger partial charge on any atom is 0.307 e. The van der Waals surface area contributed by atoms with Gasteiger partial charge in [-0.15, -0.1) is 0 Å². The summed E-state index contributed by atoms with van der Waals surface area (Å²) in [6.07, 6.45) is 0.319. The highest BCUT2D eigenvalue weighted by molar-refractivity contribution is 7.80. The van der Waals surface area contributed by atoms with Gasteiger partial charge in [0.15, 0.2) is 0 Å². The SMILES string of the molecule is CCOC(=O)CCNc1ccccc1C(N)=S. The molecule has 0 unspecified atom stereocenters. The number of rotatable bonds is 6. The molecule has 4 nitrogen and oxygen atoms in total. The number of hydrogen-bond acceptors (Lipinski definition) is 4. The molecule has 0 aliphatic rings. The first-order valence-corrected chi connectivity index (χ1v) is 5.84. The second kappa shape index (κ2) is 6.85. The van der Waals surface area contributed by atoms with E-state index in [-0.39, 0.29) is 5.97 Å². The molecule has 0 aromatic heterocycles. The van der Waals surface area contributed by atoms with E-state index >= 15 is 0 Å². The maximum atomic E-state index is 11.1. The Bertz CT molecular complexity index is 407. The molecule has 0 bridgehead atoms. The van der Waals surface area contributed by atoms with E-state index in [9.17, 15) is 4.79 Å². The number of hydrogen-bond donors (Lipinski definition) is 2. The van der Waals surface area contributed by atoms with Crippen molar-refractivity contribution in [3.8, 4) is 0 Å². The van der Waals surface area contributed by atoms with Crippen molar-refractivity contribution in [3.05, 3.63) is 29.8 Å². The highest BCUT2D eigenvalue weighted by Gasteiger charge is 2.05. The third-order valence-electron chi connectivity index (χ3n) is 2.14. The molecule has 0 spiro atoms. The quantitative estimate of drug-likeness (QED) is 0.596. The van der Waals surface area contributed by atoms with Crippen LogP contribution in [0, 0.1) is 0 Å². The zero-order valence-corrected chi connectivity index (χ0v) is 10.5. The maximum absolute atomic E-state index is 11.1. The average Bonchev–Trinajstić information content (AvgIpc) is 2.30. The Hall–Kier alpha value is -1.62. The number of nitrogens with one attached hydrogen (secondary N) is 1. The largest absolute Gasteiger partial charge is 0.466 e. The van der Waals surface area contributed by atoms with Crippen LogP contribution in [-0.4, -0.2) is 24.1 Å². The lowest BCUT2D eigenvalue weighted by Crippen LogP contribution is -2.15. The summed E-state index contributed by atoms with van der Waals surface area (Å²) in [4.78, 5) is 11.5. The van der Waals surface area contributed by atoms with Crippen LogP contribution in [0.4, 0.5) is 5.69 Å². The fourth-order valence-electron chi connectivity index (χ4n) is 1.38. The van der Waals surface area contributed by atoms with Crippen molar-refractivity contribution in [2.45, 2.75) is 13.3 Å². The zero-order valence-electron chi connectivity index (χ0n) is 9.73. The summed E-state index contributed by atoms with van der Waals surface area (Å²) < 4.78 is 4.83. The molecule has 1 aromatic carbocycles. The summed E-state index contributed by atoms with van der Waals surface area (Å²) in [5, 5.41) is 3.12. The minimum Gasteiger partial charge on any atom is -0.466 e. The number of esters is 1. The van der Waals surface area contributed by atoms with Crippen LogP contribution in [0.2, 0.25) is 0 Å². The average molecular weight is 252 g/mol. The first-order valence-electron chi connectivity index (χ1n) is 5.43. The first-order chi connectivity index (χ1) is 8.15. The molecule has 0 heterocycles. The smallest absolute Gasteiger partial charge is 0.307 e. The minimum absolute atomic E-state index is 0.215. The standard InChI is InChI=1S/C12H16N2O2S/c1-2-16-11(15)7-8-14-10-6-4-3-5-9(10)12(13)17/h3-6,14H,2,7-8H2,1H3,(H2,13,17). The number of thiocarbonyl (C=S) groups is 1. The fourth-order valence-corrected chi connectivity index (χ4v) is 1.56. The predicted octanol–water partition coefficient (Wildman–Crippen LogP) is 1.69. The van der Waals surface area contributed by atoms with E-state index in [0.29, 0.717) is 24.6 Å². The van der Waals surface area contributed by atoms with Gasteiger partial charge in [-0.2, -0.15) is 0 Å². The van der Waals surface area contributed by atoms with E-state index in [2.05, 4.69) is 5.32 Å². The molecule has 0 radical (unpaired) electrons. The monoisotopic (exact) mass is 252 g/mol. The van der Waals surface area contributed by atoms with Crippen LogP contribution in [0.1, 0.15) is 18.9 Å². The van der Waals surface area contributed by atoms with Crippen molar-refractivity contribution in [3.63, 3.8) is 0 Å². The lowest BCUT2D eigenvalue weighted by Gasteiger charge is -2.10. The lowest BCUT2D eigenvalue weighted by molar-refractivity contribution is -0.142. The Morgan fingerprint density at radius 1 is 1.47 bits per heavy atom. The van der Waals surface area contributed by atoms with Gasteiger partial charge in [0, 0.05) is 17.8 Å². The third-order valence-corrected chi connectivity index (χ3v) is 2.36. The van der Waals surface area contributed by atoms with Crippen molar-refractivity contribution in [2.75, 3.05) is 18.5 Å². The Balaban J connectivity index is 2.52. The third kappa shape index (κ3) is 4.40. The highest BCUT2D eigenvalue weighted by atomic mass is 32.1. The Kier molecular flexibility index (Phi) is 5.42. The van der Waals surface area contributed by atoms with Gasteiger partial charge in [-0.25, -0.2) is 0 Å². The molecule has 92 valence electrons. The van der Waals surface area contributed by atoms with Gasteiger partial charge in [0.2, 0.25) is 0 Å². The predicted molar refractivity (Wildman–Crippen MR) is 72.1 cm³/mol. The fraction of sp³-hybridized carbons (Fsp3) is 0.333. The van der Waals surface area contributed by atoms with E-state index in [1.54, 1.807) is 6.92 Å². The molecular weight excluding hydrogens is 236 g/mol. The topological polar surface area (TPSA) is 64.3 Å². The molecular formula is C12H16N2O2S. The van der Waals surface area contributed by atoms with E-state index < -0.39 is 0 Å². The van der Waals surface area contributed by atoms with E-state index in [1.165, 1.54) is 0 Å². The van der Waals surface area contributed by atoms with E-state index in [4.69, 9.17) is 22.7 Å². The van der Waals surface area contributed by atoms with Gasteiger partial charge >= 0.3 is 5.97 Å². The summed E-state index contributed by atoms with van der Waals surface area (Å²) >= 11 is 4.94. The second-order valence-corrected chi connectivity index (χ2v) is 3.83. The Morgan fingerprint density at radius 3 is 2.82 bits per heavy atom. The molecule has 5 heteroatoms. The molecule has 0 fully saturated rings. The number of carbonyl (C=O) groups excluding carboxylic acids is 1. The molecule has 0 atom stereocenters. The molecule has 17 heavy (non-hydrogen) atoms. The van der Waals surface area contributed by atoms with Crippen molar-refractivity contribution in [2.24, 2.45) is 5.73 Å². The zero-order chi connectivity index (χ0) is 12.7. The van der Waals surface area contributed by atoms with Crippen LogP contribution >= 0.6 is 12.2 Å². The van der Waals surface area contributed by atoms with Crippen LogP contribution in [-0.2, 0) is 9.53 Å². The molecule has 0 aliphatic carbocycles. The molecule has 1 aromatic rings. The van der Waals surface area contributed by atoms with Crippen LogP contribution in [0.15, 0.2) is 24.3 Å². The number of carbonyl (C=O) groups is 1. The van der Waals surface area contributed by atoms with Crippen LogP contribution in [0.5, 0.6) is 0 Å². The summed E-state index contributed by atoms with van der Waals surface area (Å²) in [7, 11) is 0. The summed E-state index contributed by atoms with van der Waals surface area (Å²) in [5.41, 5.74) is 7.21. The summed E-state index contributed by atoms with van der Waals surface area (Å²) in [6, 6.07) is 7.47. The van der Waals surface area contributed by atoms with Gasteiger partial charge in [-0.1, -0.05) is 24.4 Å².